The molecular weight excluding hydrogens is 355 g/mol. The molecule has 5 heteroatoms. The maximum Gasteiger partial charge on any atom is 0.261 e. The van der Waals surface area contributed by atoms with Gasteiger partial charge in [-0.2, -0.15) is 0 Å². The first kappa shape index (κ1) is 17.7. The van der Waals surface area contributed by atoms with E-state index >= 15 is 0 Å². The van der Waals surface area contributed by atoms with Gasteiger partial charge in [0.1, 0.15) is 11.4 Å². The Bertz CT molecular complexity index is 1230. The average molecular weight is 372 g/mol. The van der Waals surface area contributed by atoms with Crippen LogP contribution in [0.5, 0.6) is 0 Å². The molecule has 2 N–H and O–H groups in total. The van der Waals surface area contributed by atoms with Crippen LogP contribution < -0.4 is 10.9 Å². The highest BCUT2D eigenvalue weighted by Gasteiger charge is 2.12. The number of nitrogens with one attached hydrogen (secondary N) is 2. The first-order chi connectivity index (χ1) is 13.6. The van der Waals surface area contributed by atoms with Gasteiger partial charge in [0, 0.05) is 17.8 Å². The van der Waals surface area contributed by atoms with E-state index < -0.39 is 17.3 Å². The summed E-state index contributed by atoms with van der Waals surface area (Å²) in [5.41, 5.74) is 1.34. The summed E-state index contributed by atoms with van der Waals surface area (Å²) < 4.78 is 13.7. The number of benzene rings is 3. The van der Waals surface area contributed by atoms with Crippen LogP contribution in [0.1, 0.15) is 15.9 Å². The second-order valence-electron chi connectivity index (χ2n) is 6.45. The lowest BCUT2D eigenvalue weighted by Gasteiger charge is -2.08. The topological polar surface area (TPSA) is 62.0 Å². The highest BCUT2D eigenvalue weighted by atomic mass is 19.1. The van der Waals surface area contributed by atoms with Gasteiger partial charge in [0.25, 0.3) is 11.5 Å². The van der Waals surface area contributed by atoms with Crippen molar-refractivity contribution in [1.82, 2.24) is 10.3 Å². The quantitative estimate of drug-likeness (QED) is 0.562. The van der Waals surface area contributed by atoms with E-state index in [2.05, 4.69) is 10.3 Å². The molecule has 1 amide bonds. The van der Waals surface area contributed by atoms with E-state index in [1.54, 1.807) is 24.3 Å². The zero-order chi connectivity index (χ0) is 19.5. The number of aromatic nitrogens is 1. The highest BCUT2D eigenvalue weighted by Crippen LogP contribution is 2.22. The van der Waals surface area contributed by atoms with Gasteiger partial charge in [-0.15, -0.1) is 0 Å². The number of rotatable bonds is 4. The summed E-state index contributed by atoms with van der Waals surface area (Å²) in [6.07, 6.45) is 0. The minimum Gasteiger partial charge on any atom is -0.348 e. The van der Waals surface area contributed by atoms with Crippen molar-refractivity contribution in [3.63, 3.8) is 0 Å². The molecule has 28 heavy (non-hydrogen) atoms. The highest BCUT2D eigenvalue weighted by molar-refractivity contribution is 5.94. The van der Waals surface area contributed by atoms with Crippen LogP contribution in [0.2, 0.25) is 0 Å². The molecule has 0 bridgehead atoms. The summed E-state index contributed by atoms with van der Waals surface area (Å²) in [6.45, 7) is 0.0113. The lowest BCUT2D eigenvalue weighted by molar-refractivity contribution is 0.0949. The average Bonchev–Trinajstić information content (AvgIpc) is 2.72. The molecule has 0 aliphatic rings. The molecule has 0 aliphatic heterocycles. The molecule has 0 saturated heterocycles. The third kappa shape index (κ3) is 3.55. The van der Waals surface area contributed by atoms with E-state index in [4.69, 9.17) is 0 Å². The number of hydrogen-bond donors (Lipinski definition) is 2. The predicted molar refractivity (Wildman–Crippen MR) is 108 cm³/mol. The molecule has 138 valence electrons. The Balaban J connectivity index is 1.56. The van der Waals surface area contributed by atoms with Crippen molar-refractivity contribution in [1.29, 1.82) is 0 Å². The predicted octanol–water partition coefficient (Wildman–Crippen LogP) is 4.26. The lowest BCUT2D eigenvalue weighted by Crippen LogP contribution is -2.29. The zero-order valence-electron chi connectivity index (χ0n) is 14.9. The number of H-pyrrole nitrogens is 1. The Morgan fingerprint density at radius 3 is 2.43 bits per heavy atom. The normalized spacial score (nSPS) is 10.8. The lowest BCUT2D eigenvalue weighted by atomic mass is 10.0. The van der Waals surface area contributed by atoms with Crippen molar-refractivity contribution in [2.75, 3.05) is 0 Å². The van der Waals surface area contributed by atoms with Gasteiger partial charge in [0.05, 0.1) is 0 Å². The summed E-state index contributed by atoms with van der Waals surface area (Å²) in [5, 5.41) is 4.75. The number of pyridine rings is 1. The molecule has 1 heterocycles. The van der Waals surface area contributed by atoms with E-state index in [1.807, 2.05) is 42.5 Å². The van der Waals surface area contributed by atoms with E-state index in [0.717, 1.165) is 16.3 Å². The SMILES string of the molecule is O=C(NCc1ccccc1F)c1ccc(-c2ccc3ccccc3c2)[nH]c1=O. The van der Waals surface area contributed by atoms with Crippen LogP contribution >= 0.6 is 0 Å². The third-order valence-corrected chi connectivity index (χ3v) is 4.61. The number of amides is 1. The van der Waals surface area contributed by atoms with Crippen molar-refractivity contribution in [3.8, 4) is 11.3 Å². The first-order valence-corrected chi connectivity index (χ1v) is 8.86. The number of fused-ring (bicyclic) bond motifs is 1. The van der Waals surface area contributed by atoms with Crippen LogP contribution in [-0.4, -0.2) is 10.9 Å². The van der Waals surface area contributed by atoms with E-state index in [1.165, 1.54) is 12.1 Å². The van der Waals surface area contributed by atoms with Gasteiger partial charge < -0.3 is 10.3 Å². The van der Waals surface area contributed by atoms with Crippen molar-refractivity contribution < 1.29 is 9.18 Å². The molecule has 0 saturated carbocycles. The van der Waals surface area contributed by atoms with Gasteiger partial charge in [-0.3, -0.25) is 9.59 Å². The zero-order valence-corrected chi connectivity index (χ0v) is 14.9. The summed E-state index contributed by atoms with van der Waals surface area (Å²) >= 11 is 0. The fourth-order valence-corrected chi connectivity index (χ4v) is 3.09. The van der Waals surface area contributed by atoms with Crippen molar-refractivity contribution >= 4 is 16.7 Å². The molecule has 0 aliphatic carbocycles. The number of carbonyl (C=O) groups is 1. The largest absolute Gasteiger partial charge is 0.348 e. The summed E-state index contributed by atoms with van der Waals surface area (Å²) in [6, 6.07) is 23.2. The Morgan fingerprint density at radius 2 is 1.64 bits per heavy atom. The Labute approximate surface area is 160 Å². The summed E-state index contributed by atoms with van der Waals surface area (Å²) in [5.74, 6) is -0.946. The fraction of sp³-hybridized carbons (Fsp3) is 0.0435. The molecule has 4 aromatic rings. The minimum atomic E-state index is -0.547. The molecule has 4 nitrogen and oxygen atoms in total. The van der Waals surface area contributed by atoms with E-state index in [0.29, 0.717) is 11.3 Å². The molecule has 4 rings (SSSR count). The maximum atomic E-state index is 13.7. The number of halogens is 1. The third-order valence-electron chi connectivity index (χ3n) is 4.61. The van der Waals surface area contributed by atoms with Gasteiger partial charge in [-0.25, -0.2) is 4.39 Å². The van der Waals surface area contributed by atoms with Crippen LogP contribution in [0.25, 0.3) is 22.0 Å². The van der Waals surface area contributed by atoms with Gasteiger partial charge in [-0.1, -0.05) is 54.6 Å². The van der Waals surface area contributed by atoms with Crippen molar-refractivity contribution in [3.05, 3.63) is 106 Å². The molecular formula is C23H17FN2O2. The van der Waals surface area contributed by atoms with E-state index in [9.17, 15) is 14.0 Å². The number of carbonyl (C=O) groups excluding carboxylic acids is 1. The van der Waals surface area contributed by atoms with Crippen LogP contribution in [0, 0.1) is 5.82 Å². The molecule has 0 spiro atoms. The van der Waals surface area contributed by atoms with Crippen LogP contribution in [-0.2, 0) is 6.54 Å². The van der Waals surface area contributed by atoms with Crippen LogP contribution in [0.15, 0.2) is 83.7 Å². The van der Waals surface area contributed by atoms with Crippen LogP contribution in [0.4, 0.5) is 4.39 Å². The molecule has 0 radical (unpaired) electrons. The van der Waals surface area contributed by atoms with Gasteiger partial charge in [0.2, 0.25) is 0 Å². The molecule has 0 unspecified atom stereocenters. The second kappa shape index (κ2) is 7.48. The molecule has 0 atom stereocenters. The molecule has 1 aromatic heterocycles. The fourth-order valence-electron chi connectivity index (χ4n) is 3.09. The molecule has 0 fully saturated rings. The Hall–Kier alpha value is -3.73. The summed E-state index contributed by atoms with van der Waals surface area (Å²) in [7, 11) is 0. The van der Waals surface area contributed by atoms with Crippen LogP contribution in [0.3, 0.4) is 0 Å². The monoisotopic (exact) mass is 372 g/mol. The number of aromatic amines is 1. The van der Waals surface area contributed by atoms with E-state index in [-0.39, 0.29) is 12.1 Å². The standard InChI is InChI=1S/C23H17FN2O2/c24-20-8-4-3-7-18(20)14-25-22(27)19-11-12-21(26-23(19)28)17-10-9-15-5-1-2-6-16(15)13-17/h1-13H,14H2,(H,25,27)(H,26,28). The van der Waals surface area contributed by atoms with Crippen molar-refractivity contribution in [2.45, 2.75) is 6.54 Å². The smallest absolute Gasteiger partial charge is 0.261 e. The maximum absolute atomic E-state index is 13.7. The van der Waals surface area contributed by atoms with Crippen molar-refractivity contribution in [2.24, 2.45) is 0 Å². The van der Waals surface area contributed by atoms with Gasteiger partial charge >= 0.3 is 0 Å². The van der Waals surface area contributed by atoms with Gasteiger partial charge in [-0.05, 0) is 40.6 Å². The second-order valence-corrected chi connectivity index (χ2v) is 6.45. The number of hydrogen-bond acceptors (Lipinski definition) is 2. The first-order valence-electron chi connectivity index (χ1n) is 8.86. The van der Waals surface area contributed by atoms with Gasteiger partial charge in [0.15, 0.2) is 0 Å². The molecule has 3 aromatic carbocycles. The minimum absolute atomic E-state index is 0.0113. The Kier molecular flexibility index (Phi) is 4.72. The Morgan fingerprint density at radius 1 is 0.893 bits per heavy atom. The summed E-state index contributed by atoms with van der Waals surface area (Å²) in [4.78, 5) is 27.5.